The molecule has 2 heterocycles. The summed E-state index contributed by atoms with van der Waals surface area (Å²) in [6.07, 6.45) is 1.46. The van der Waals surface area contributed by atoms with Crippen LogP contribution < -0.4 is 4.74 Å². The molecule has 0 bridgehead atoms. The molecule has 0 saturated carbocycles. The zero-order chi connectivity index (χ0) is 13.0. The number of nitrogens with zero attached hydrogens (tertiary/aromatic N) is 4. The SMILES string of the molecule is CCOCCn1c(CCl)nc2c(OC)ncnc21. The molecule has 6 nitrogen and oxygen atoms in total. The third-order valence-electron chi connectivity index (χ3n) is 2.55. The van der Waals surface area contributed by atoms with Crippen LogP contribution in [0.4, 0.5) is 0 Å². The van der Waals surface area contributed by atoms with Crippen molar-refractivity contribution in [2.24, 2.45) is 0 Å². The van der Waals surface area contributed by atoms with E-state index in [0.717, 1.165) is 11.5 Å². The lowest BCUT2D eigenvalue weighted by Crippen LogP contribution is -2.09. The normalized spacial score (nSPS) is 11.1. The van der Waals surface area contributed by atoms with Crippen LogP contribution in [0.5, 0.6) is 5.88 Å². The number of alkyl halides is 1. The van der Waals surface area contributed by atoms with Gasteiger partial charge >= 0.3 is 0 Å². The molecular weight excluding hydrogens is 256 g/mol. The lowest BCUT2D eigenvalue weighted by molar-refractivity contribution is 0.139. The molecule has 0 saturated heterocycles. The number of imidazole rings is 1. The van der Waals surface area contributed by atoms with Crippen molar-refractivity contribution in [2.75, 3.05) is 20.3 Å². The third-order valence-corrected chi connectivity index (χ3v) is 2.79. The first-order valence-corrected chi connectivity index (χ1v) is 6.23. The van der Waals surface area contributed by atoms with E-state index in [-0.39, 0.29) is 0 Å². The van der Waals surface area contributed by atoms with Crippen LogP contribution in [-0.2, 0) is 17.2 Å². The minimum atomic E-state index is 0.311. The summed E-state index contributed by atoms with van der Waals surface area (Å²) < 4.78 is 12.4. The lowest BCUT2D eigenvalue weighted by atomic mass is 10.5. The van der Waals surface area contributed by atoms with Crippen LogP contribution in [0, 0.1) is 0 Å². The first-order chi connectivity index (χ1) is 8.81. The fourth-order valence-corrected chi connectivity index (χ4v) is 1.95. The second-order valence-electron chi connectivity index (χ2n) is 3.57. The number of fused-ring (bicyclic) bond motifs is 1. The van der Waals surface area contributed by atoms with Gasteiger partial charge in [-0.1, -0.05) is 0 Å². The van der Waals surface area contributed by atoms with Crippen molar-refractivity contribution >= 4 is 22.8 Å². The van der Waals surface area contributed by atoms with Crippen LogP contribution in [0.2, 0.25) is 0 Å². The predicted molar refractivity (Wildman–Crippen MR) is 67.9 cm³/mol. The number of methoxy groups -OCH3 is 1. The molecule has 0 radical (unpaired) electrons. The summed E-state index contributed by atoms with van der Waals surface area (Å²) in [6.45, 7) is 3.89. The number of hydrogen-bond donors (Lipinski definition) is 0. The molecule has 0 aliphatic carbocycles. The molecule has 2 rings (SSSR count). The summed E-state index contributed by atoms with van der Waals surface area (Å²) in [6, 6.07) is 0. The average molecular weight is 271 g/mol. The predicted octanol–water partition coefficient (Wildman–Crippen LogP) is 1.61. The van der Waals surface area contributed by atoms with Crippen molar-refractivity contribution in [3.8, 4) is 5.88 Å². The minimum absolute atomic E-state index is 0.311. The molecule has 0 spiro atoms. The Morgan fingerprint density at radius 1 is 1.39 bits per heavy atom. The molecule has 2 aromatic rings. The Hall–Kier alpha value is -1.40. The molecule has 0 atom stereocenters. The topological polar surface area (TPSA) is 62.1 Å². The molecule has 0 unspecified atom stereocenters. The number of ether oxygens (including phenoxy) is 2. The summed E-state index contributed by atoms with van der Waals surface area (Å²) in [4.78, 5) is 12.7. The molecule has 0 aliphatic heterocycles. The van der Waals surface area contributed by atoms with Gasteiger partial charge in [0, 0.05) is 13.2 Å². The Kier molecular flexibility index (Phi) is 4.33. The molecule has 0 N–H and O–H groups in total. The molecular formula is C11H15ClN4O2. The first-order valence-electron chi connectivity index (χ1n) is 5.69. The van der Waals surface area contributed by atoms with Crippen LogP contribution >= 0.6 is 11.6 Å². The van der Waals surface area contributed by atoms with Crippen LogP contribution in [0.1, 0.15) is 12.7 Å². The molecule has 7 heteroatoms. The fourth-order valence-electron chi connectivity index (χ4n) is 1.75. The van der Waals surface area contributed by atoms with Crippen LogP contribution in [0.15, 0.2) is 6.33 Å². The molecule has 98 valence electrons. The number of hydrogen-bond acceptors (Lipinski definition) is 5. The first kappa shape index (κ1) is 13.0. The molecule has 2 aromatic heterocycles. The van der Waals surface area contributed by atoms with E-state index in [1.165, 1.54) is 6.33 Å². The molecule has 0 amide bonds. The van der Waals surface area contributed by atoms with Gasteiger partial charge in [-0.05, 0) is 6.92 Å². The average Bonchev–Trinajstić information content (AvgIpc) is 2.77. The second-order valence-corrected chi connectivity index (χ2v) is 3.83. The summed E-state index contributed by atoms with van der Waals surface area (Å²) in [5.41, 5.74) is 1.35. The van der Waals surface area contributed by atoms with Crippen molar-refractivity contribution in [1.29, 1.82) is 0 Å². The summed E-state index contributed by atoms with van der Waals surface area (Å²) >= 11 is 5.90. The maximum absolute atomic E-state index is 5.90. The van der Waals surface area contributed by atoms with E-state index in [9.17, 15) is 0 Å². The zero-order valence-electron chi connectivity index (χ0n) is 10.4. The molecule has 0 aromatic carbocycles. The monoisotopic (exact) mass is 270 g/mol. The number of halogens is 1. The van der Waals surface area contributed by atoms with E-state index in [2.05, 4.69) is 15.0 Å². The Labute approximate surface area is 110 Å². The van der Waals surface area contributed by atoms with E-state index in [4.69, 9.17) is 21.1 Å². The van der Waals surface area contributed by atoms with Gasteiger partial charge in [-0.25, -0.2) is 9.97 Å². The quantitative estimate of drug-likeness (QED) is 0.589. The summed E-state index contributed by atoms with van der Waals surface area (Å²) in [5.74, 6) is 1.51. The van der Waals surface area contributed by atoms with Crippen LogP contribution in [0.3, 0.4) is 0 Å². The summed E-state index contributed by atoms with van der Waals surface area (Å²) in [5, 5.41) is 0. The minimum Gasteiger partial charge on any atom is -0.479 e. The Bertz CT molecular complexity index is 529. The van der Waals surface area contributed by atoms with E-state index >= 15 is 0 Å². The van der Waals surface area contributed by atoms with Gasteiger partial charge in [-0.3, -0.25) is 0 Å². The van der Waals surface area contributed by atoms with Gasteiger partial charge in [0.05, 0.1) is 19.6 Å². The highest BCUT2D eigenvalue weighted by molar-refractivity contribution is 6.16. The summed E-state index contributed by atoms with van der Waals surface area (Å²) in [7, 11) is 1.56. The van der Waals surface area contributed by atoms with E-state index in [1.807, 2.05) is 11.5 Å². The standard InChI is InChI=1S/C11H15ClN4O2/c1-3-18-5-4-16-8(6-12)15-9-10(16)13-7-14-11(9)17-2/h7H,3-6H2,1-2H3. The van der Waals surface area contributed by atoms with Crippen LogP contribution in [0.25, 0.3) is 11.2 Å². The maximum atomic E-state index is 5.90. The second kappa shape index (κ2) is 5.97. The Morgan fingerprint density at radius 3 is 2.89 bits per heavy atom. The molecule has 0 fully saturated rings. The Morgan fingerprint density at radius 2 is 2.22 bits per heavy atom. The van der Waals surface area contributed by atoms with Crippen molar-refractivity contribution in [1.82, 2.24) is 19.5 Å². The van der Waals surface area contributed by atoms with Crippen molar-refractivity contribution in [2.45, 2.75) is 19.3 Å². The Balaban J connectivity index is 2.42. The third kappa shape index (κ3) is 2.39. The van der Waals surface area contributed by atoms with Gasteiger partial charge in [-0.2, -0.15) is 4.98 Å². The van der Waals surface area contributed by atoms with Gasteiger partial charge in [0.15, 0.2) is 11.2 Å². The number of aromatic nitrogens is 4. The molecule has 18 heavy (non-hydrogen) atoms. The van der Waals surface area contributed by atoms with Gasteiger partial charge in [0.1, 0.15) is 12.2 Å². The van der Waals surface area contributed by atoms with Gasteiger partial charge in [-0.15, -0.1) is 11.6 Å². The maximum Gasteiger partial charge on any atom is 0.245 e. The lowest BCUT2D eigenvalue weighted by Gasteiger charge is -2.06. The number of rotatable bonds is 6. The highest BCUT2D eigenvalue weighted by Gasteiger charge is 2.15. The largest absolute Gasteiger partial charge is 0.479 e. The fraction of sp³-hybridized carbons (Fsp3) is 0.545. The van der Waals surface area contributed by atoms with Gasteiger partial charge in [0.25, 0.3) is 0 Å². The van der Waals surface area contributed by atoms with Crippen molar-refractivity contribution < 1.29 is 9.47 Å². The van der Waals surface area contributed by atoms with Gasteiger partial charge < -0.3 is 14.0 Å². The van der Waals surface area contributed by atoms with Crippen molar-refractivity contribution in [3.05, 3.63) is 12.2 Å². The van der Waals surface area contributed by atoms with Gasteiger partial charge in [0.2, 0.25) is 5.88 Å². The van der Waals surface area contributed by atoms with E-state index in [1.54, 1.807) is 7.11 Å². The molecule has 0 aliphatic rings. The zero-order valence-corrected chi connectivity index (χ0v) is 11.1. The highest BCUT2D eigenvalue weighted by atomic mass is 35.5. The highest BCUT2D eigenvalue weighted by Crippen LogP contribution is 2.22. The van der Waals surface area contributed by atoms with Crippen LogP contribution in [-0.4, -0.2) is 39.8 Å². The van der Waals surface area contributed by atoms with E-state index in [0.29, 0.717) is 37.0 Å². The van der Waals surface area contributed by atoms with E-state index < -0.39 is 0 Å². The smallest absolute Gasteiger partial charge is 0.245 e. The van der Waals surface area contributed by atoms with Crippen molar-refractivity contribution in [3.63, 3.8) is 0 Å².